The second-order valence-corrected chi connectivity index (χ2v) is 8.48. The van der Waals surface area contributed by atoms with Crippen LogP contribution in [0, 0.1) is 0 Å². The number of carbonyl (C=O) groups excluding carboxylic acids is 4. The fraction of sp³-hybridized carbons (Fsp3) is 0.185. The molecule has 0 radical (unpaired) electrons. The van der Waals surface area contributed by atoms with Crippen LogP contribution in [0.3, 0.4) is 0 Å². The van der Waals surface area contributed by atoms with Crippen LogP contribution in [0.25, 0.3) is 0 Å². The van der Waals surface area contributed by atoms with Crippen molar-refractivity contribution >= 4 is 35.3 Å². The van der Waals surface area contributed by atoms with E-state index < -0.39 is 36.0 Å². The summed E-state index contributed by atoms with van der Waals surface area (Å²) < 4.78 is 9.20. The number of cyclic esters (lactones) is 4. The first-order valence-electron chi connectivity index (χ1n) is 11.2. The molecule has 0 aromatic heterocycles. The van der Waals surface area contributed by atoms with Crippen LogP contribution in [-0.4, -0.2) is 36.0 Å². The number of esters is 4. The molecule has 2 unspecified atom stereocenters. The van der Waals surface area contributed by atoms with Crippen molar-refractivity contribution in [1.29, 1.82) is 0 Å². The Kier molecular flexibility index (Phi) is 6.01. The monoisotopic (exact) mass is 470 g/mol. The zero-order valence-corrected chi connectivity index (χ0v) is 18.6. The Bertz CT molecular complexity index is 1190. The molecule has 5 rings (SSSR count). The number of hydrogen-bond donors (Lipinski definition) is 2. The van der Waals surface area contributed by atoms with Crippen LogP contribution >= 0.6 is 0 Å². The average Bonchev–Trinajstić information content (AvgIpc) is 3.35. The van der Waals surface area contributed by atoms with Crippen molar-refractivity contribution in [2.24, 2.45) is 0 Å². The molecular formula is C27H22N2O6. The molecule has 3 aromatic rings. The van der Waals surface area contributed by atoms with Crippen molar-refractivity contribution in [2.45, 2.75) is 30.8 Å². The molecule has 2 fully saturated rings. The van der Waals surface area contributed by atoms with E-state index in [0.717, 1.165) is 28.1 Å². The molecule has 8 heteroatoms. The molecule has 176 valence electrons. The van der Waals surface area contributed by atoms with E-state index in [1.165, 1.54) is 0 Å². The standard InChI is InChI=1S/C27H22N2O6/c30-23-14-21(26(32)34-23)28-19-10-6-17(7-11-19)25(16-4-2-1-3-5-16)18-8-12-20(13-9-18)29-22-15-24(31)35-27(22)33/h1-13,21-22,25,28-29H,14-15H2. The van der Waals surface area contributed by atoms with Gasteiger partial charge in [-0.1, -0.05) is 54.6 Å². The summed E-state index contributed by atoms with van der Waals surface area (Å²) in [7, 11) is 0. The maximum atomic E-state index is 11.8. The number of rotatable bonds is 7. The van der Waals surface area contributed by atoms with Crippen LogP contribution in [0.2, 0.25) is 0 Å². The molecule has 0 amide bonds. The lowest BCUT2D eigenvalue weighted by Crippen LogP contribution is -2.24. The van der Waals surface area contributed by atoms with Crippen molar-refractivity contribution < 1.29 is 28.7 Å². The first kappa shape index (κ1) is 22.3. The van der Waals surface area contributed by atoms with Gasteiger partial charge in [-0.2, -0.15) is 0 Å². The number of benzene rings is 3. The lowest BCUT2D eigenvalue weighted by atomic mass is 9.85. The third-order valence-corrected chi connectivity index (χ3v) is 6.04. The van der Waals surface area contributed by atoms with E-state index in [2.05, 4.69) is 32.2 Å². The van der Waals surface area contributed by atoms with Gasteiger partial charge in [0.15, 0.2) is 0 Å². The highest BCUT2D eigenvalue weighted by atomic mass is 16.6. The second-order valence-electron chi connectivity index (χ2n) is 8.48. The molecule has 0 bridgehead atoms. The minimum Gasteiger partial charge on any atom is -0.392 e. The SMILES string of the molecule is O=C1CC(Nc2ccc(C(c3ccccc3)c3ccc(NC4CC(=O)OC4=O)cc3)cc2)C(=O)O1. The third kappa shape index (κ3) is 4.91. The van der Waals surface area contributed by atoms with E-state index in [0.29, 0.717) is 0 Å². The van der Waals surface area contributed by atoms with Gasteiger partial charge in [-0.05, 0) is 41.0 Å². The van der Waals surface area contributed by atoms with E-state index in [-0.39, 0.29) is 18.8 Å². The zero-order chi connectivity index (χ0) is 24.4. The first-order chi connectivity index (χ1) is 17.0. The van der Waals surface area contributed by atoms with Gasteiger partial charge in [0.1, 0.15) is 12.1 Å². The molecule has 2 aliphatic rings. The lowest BCUT2D eigenvalue weighted by Gasteiger charge is -2.20. The van der Waals surface area contributed by atoms with Crippen LogP contribution in [0.15, 0.2) is 78.9 Å². The molecule has 35 heavy (non-hydrogen) atoms. The summed E-state index contributed by atoms with van der Waals surface area (Å²) >= 11 is 0. The van der Waals surface area contributed by atoms with Crippen molar-refractivity contribution in [3.05, 3.63) is 95.6 Å². The van der Waals surface area contributed by atoms with E-state index in [9.17, 15) is 19.2 Å². The lowest BCUT2D eigenvalue weighted by molar-refractivity contribution is -0.154. The first-order valence-corrected chi connectivity index (χ1v) is 11.2. The number of ether oxygens (including phenoxy) is 2. The largest absolute Gasteiger partial charge is 0.392 e. The Balaban J connectivity index is 1.37. The molecule has 0 spiro atoms. The van der Waals surface area contributed by atoms with Crippen molar-refractivity contribution in [2.75, 3.05) is 10.6 Å². The number of nitrogens with one attached hydrogen (secondary N) is 2. The maximum Gasteiger partial charge on any atom is 0.336 e. The summed E-state index contributed by atoms with van der Waals surface area (Å²) in [6.07, 6.45) is 0.0285. The van der Waals surface area contributed by atoms with Crippen molar-refractivity contribution in [1.82, 2.24) is 0 Å². The minimum atomic E-state index is -0.675. The summed E-state index contributed by atoms with van der Waals surface area (Å²) in [6.45, 7) is 0. The average molecular weight is 470 g/mol. The van der Waals surface area contributed by atoms with Gasteiger partial charge >= 0.3 is 23.9 Å². The molecule has 2 heterocycles. The van der Waals surface area contributed by atoms with Gasteiger partial charge in [-0.25, -0.2) is 9.59 Å². The fourth-order valence-electron chi connectivity index (χ4n) is 4.34. The van der Waals surface area contributed by atoms with Gasteiger partial charge in [0.05, 0.1) is 12.8 Å². The van der Waals surface area contributed by atoms with Gasteiger partial charge in [0.2, 0.25) is 0 Å². The Labute approximate surface area is 201 Å². The normalized spacial score (nSPS) is 20.3. The molecule has 2 aliphatic heterocycles. The Morgan fingerprint density at radius 1 is 0.571 bits per heavy atom. The summed E-state index contributed by atoms with van der Waals surface area (Å²) in [5.41, 5.74) is 4.61. The molecule has 0 saturated carbocycles. The highest BCUT2D eigenvalue weighted by molar-refractivity contribution is 5.99. The van der Waals surface area contributed by atoms with E-state index in [1.807, 2.05) is 66.7 Å². The highest BCUT2D eigenvalue weighted by Crippen LogP contribution is 2.33. The van der Waals surface area contributed by atoms with Crippen molar-refractivity contribution in [3.63, 3.8) is 0 Å². The summed E-state index contributed by atoms with van der Waals surface area (Å²) in [5, 5.41) is 6.10. The molecular weight excluding hydrogens is 448 g/mol. The number of anilines is 2. The van der Waals surface area contributed by atoms with Gasteiger partial charge in [-0.3, -0.25) is 9.59 Å². The molecule has 2 N–H and O–H groups in total. The Hall–Kier alpha value is -4.46. The minimum absolute atomic E-state index is 0.0142. The second kappa shape index (κ2) is 9.42. The summed E-state index contributed by atoms with van der Waals surface area (Å²) in [4.78, 5) is 46.2. The van der Waals surface area contributed by atoms with Crippen molar-refractivity contribution in [3.8, 4) is 0 Å². The van der Waals surface area contributed by atoms with Crippen LogP contribution in [-0.2, 0) is 28.7 Å². The molecule has 2 saturated heterocycles. The molecule has 0 aliphatic carbocycles. The number of hydrogen-bond acceptors (Lipinski definition) is 8. The Morgan fingerprint density at radius 2 is 0.971 bits per heavy atom. The van der Waals surface area contributed by atoms with Gasteiger partial charge in [0.25, 0.3) is 0 Å². The van der Waals surface area contributed by atoms with Crippen LogP contribution in [0.1, 0.15) is 35.4 Å². The topological polar surface area (TPSA) is 111 Å². The zero-order valence-electron chi connectivity index (χ0n) is 18.6. The molecule has 8 nitrogen and oxygen atoms in total. The van der Waals surface area contributed by atoms with Gasteiger partial charge < -0.3 is 20.1 Å². The van der Waals surface area contributed by atoms with E-state index in [1.54, 1.807) is 0 Å². The number of carbonyl (C=O) groups is 4. The smallest absolute Gasteiger partial charge is 0.336 e. The highest BCUT2D eigenvalue weighted by Gasteiger charge is 2.34. The van der Waals surface area contributed by atoms with Gasteiger partial charge in [-0.15, -0.1) is 0 Å². The molecule has 3 aromatic carbocycles. The van der Waals surface area contributed by atoms with Crippen LogP contribution < -0.4 is 10.6 Å². The fourth-order valence-corrected chi connectivity index (χ4v) is 4.34. The maximum absolute atomic E-state index is 11.8. The summed E-state index contributed by atoms with van der Waals surface area (Å²) in [6, 6.07) is 24.1. The van der Waals surface area contributed by atoms with E-state index in [4.69, 9.17) is 0 Å². The van der Waals surface area contributed by atoms with Crippen LogP contribution in [0.4, 0.5) is 11.4 Å². The summed E-state index contributed by atoms with van der Waals surface area (Å²) in [5.74, 6) is -2.24. The third-order valence-electron chi connectivity index (χ3n) is 6.04. The molecule has 2 atom stereocenters. The predicted octanol–water partition coefficient (Wildman–Crippen LogP) is 3.37. The predicted molar refractivity (Wildman–Crippen MR) is 127 cm³/mol. The Morgan fingerprint density at radius 3 is 1.34 bits per heavy atom. The van der Waals surface area contributed by atoms with E-state index >= 15 is 0 Å². The van der Waals surface area contributed by atoms with Crippen LogP contribution in [0.5, 0.6) is 0 Å². The quantitative estimate of drug-likeness (QED) is 0.307. The van der Waals surface area contributed by atoms with Gasteiger partial charge in [0, 0.05) is 17.3 Å².